The Kier molecular flexibility index (Phi) is 10.5. The Hall–Kier alpha value is -2.28. The number of carbonyl (C=O) groups is 2. The lowest BCUT2D eigenvalue weighted by Crippen LogP contribution is -2.51. The molecule has 0 saturated carbocycles. The Balaban J connectivity index is 1.82. The lowest BCUT2D eigenvalue weighted by Gasteiger charge is -2.31. The first-order valence-corrected chi connectivity index (χ1v) is 13.5. The van der Waals surface area contributed by atoms with Crippen molar-refractivity contribution in [3.05, 3.63) is 105 Å². The van der Waals surface area contributed by atoms with Crippen LogP contribution in [0.5, 0.6) is 0 Å². The van der Waals surface area contributed by atoms with E-state index < -0.39 is 6.04 Å². The molecule has 7 heteroatoms. The van der Waals surface area contributed by atoms with E-state index >= 15 is 0 Å². The average Bonchev–Trinajstić information content (AvgIpc) is 2.82. The number of nitrogens with zero attached hydrogens (tertiary/aromatic N) is 1. The third kappa shape index (κ3) is 8.19. The summed E-state index contributed by atoms with van der Waals surface area (Å²) in [6.45, 7) is 2.75. The Bertz CT molecular complexity index is 1100. The second-order valence-corrected chi connectivity index (χ2v) is 10.2. The summed E-state index contributed by atoms with van der Waals surface area (Å²) < 4.78 is 0.936. The summed E-state index contributed by atoms with van der Waals surface area (Å²) in [7, 11) is 0. The summed E-state index contributed by atoms with van der Waals surface area (Å²) >= 11 is 11.1. The molecular weight excluding hydrogens is 532 g/mol. The van der Waals surface area contributed by atoms with Gasteiger partial charge in [-0.05, 0) is 47.9 Å². The van der Waals surface area contributed by atoms with Crippen molar-refractivity contribution in [1.82, 2.24) is 10.2 Å². The minimum absolute atomic E-state index is 0.0702. The highest BCUT2D eigenvalue weighted by molar-refractivity contribution is 9.10. The number of amides is 2. The maximum Gasteiger partial charge on any atom is 0.243 e. The van der Waals surface area contributed by atoms with Gasteiger partial charge in [0.25, 0.3) is 0 Å². The van der Waals surface area contributed by atoms with Gasteiger partial charge in [-0.25, -0.2) is 0 Å². The van der Waals surface area contributed by atoms with Gasteiger partial charge in [-0.3, -0.25) is 9.59 Å². The molecule has 0 unspecified atom stereocenters. The molecule has 34 heavy (non-hydrogen) atoms. The normalized spacial score (nSPS) is 11.6. The van der Waals surface area contributed by atoms with E-state index in [0.29, 0.717) is 30.3 Å². The molecule has 3 aromatic rings. The predicted molar refractivity (Wildman–Crippen MR) is 145 cm³/mol. The SMILES string of the molecule is CCNC(=O)[C@H](Cc1ccccc1)N(Cc1cccc(Br)c1)C(=O)CSCc1cccc(Cl)c1. The van der Waals surface area contributed by atoms with Gasteiger partial charge in [0, 0.05) is 34.8 Å². The summed E-state index contributed by atoms with van der Waals surface area (Å²) in [5, 5.41) is 3.60. The van der Waals surface area contributed by atoms with Crippen LogP contribution in [0.15, 0.2) is 83.3 Å². The van der Waals surface area contributed by atoms with Crippen LogP contribution in [-0.4, -0.2) is 35.1 Å². The molecule has 3 rings (SSSR count). The number of rotatable bonds is 11. The fourth-order valence-corrected chi connectivity index (χ4v) is 5.16. The van der Waals surface area contributed by atoms with Gasteiger partial charge in [-0.2, -0.15) is 0 Å². The molecule has 2 amide bonds. The van der Waals surface area contributed by atoms with Crippen LogP contribution in [-0.2, 0) is 28.3 Å². The van der Waals surface area contributed by atoms with E-state index in [1.54, 1.807) is 4.90 Å². The van der Waals surface area contributed by atoms with Crippen molar-refractivity contribution in [2.45, 2.75) is 31.7 Å². The molecule has 0 aliphatic rings. The van der Waals surface area contributed by atoms with E-state index in [-0.39, 0.29) is 17.6 Å². The second-order valence-electron chi connectivity index (χ2n) is 7.87. The number of hydrogen-bond acceptors (Lipinski definition) is 3. The highest BCUT2D eigenvalue weighted by Gasteiger charge is 2.30. The van der Waals surface area contributed by atoms with E-state index in [9.17, 15) is 9.59 Å². The first kappa shape index (κ1) is 26.3. The van der Waals surface area contributed by atoms with E-state index in [0.717, 1.165) is 21.2 Å². The molecule has 0 fully saturated rings. The van der Waals surface area contributed by atoms with Crippen molar-refractivity contribution < 1.29 is 9.59 Å². The maximum absolute atomic E-state index is 13.5. The van der Waals surface area contributed by atoms with Gasteiger partial charge in [-0.1, -0.05) is 82.1 Å². The molecule has 3 aromatic carbocycles. The minimum atomic E-state index is -0.611. The summed E-state index contributed by atoms with van der Waals surface area (Å²) in [5.74, 6) is 0.723. The number of likely N-dealkylation sites (N-methyl/N-ethyl adjacent to an activating group) is 1. The molecule has 0 aliphatic carbocycles. The Morgan fingerprint density at radius 3 is 2.38 bits per heavy atom. The van der Waals surface area contributed by atoms with Crippen LogP contribution in [0.4, 0.5) is 0 Å². The van der Waals surface area contributed by atoms with Crippen LogP contribution in [0, 0.1) is 0 Å². The van der Waals surface area contributed by atoms with Crippen molar-refractivity contribution in [2.75, 3.05) is 12.3 Å². The van der Waals surface area contributed by atoms with Gasteiger partial charge in [0.1, 0.15) is 6.04 Å². The van der Waals surface area contributed by atoms with Gasteiger partial charge < -0.3 is 10.2 Å². The van der Waals surface area contributed by atoms with Crippen LogP contribution >= 0.6 is 39.3 Å². The summed E-state index contributed by atoms with van der Waals surface area (Å²) in [6, 6.07) is 24.7. The minimum Gasteiger partial charge on any atom is -0.355 e. The van der Waals surface area contributed by atoms with Crippen LogP contribution < -0.4 is 5.32 Å². The predicted octanol–water partition coefficient (Wildman–Crippen LogP) is 6.11. The molecule has 0 saturated heterocycles. The Morgan fingerprint density at radius 1 is 0.971 bits per heavy atom. The van der Waals surface area contributed by atoms with Gasteiger partial charge in [0.05, 0.1) is 5.75 Å². The third-order valence-corrected chi connectivity index (χ3v) is 6.96. The fraction of sp³-hybridized carbons (Fsp3) is 0.259. The van der Waals surface area contributed by atoms with Crippen LogP contribution in [0.1, 0.15) is 23.6 Å². The number of carbonyl (C=O) groups excluding carboxylic acids is 2. The zero-order valence-electron chi connectivity index (χ0n) is 19.0. The summed E-state index contributed by atoms with van der Waals surface area (Å²) in [5.41, 5.74) is 3.04. The molecule has 0 bridgehead atoms. The zero-order chi connectivity index (χ0) is 24.3. The van der Waals surface area contributed by atoms with Gasteiger partial charge in [-0.15, -0.1) is 11.8 Å². The zero-order valence-corrected chi connectivity index (χ0v) is 22.2. The molecule has 178 valence electrons. The molecule has 1 atom stereocenters. The highest BCUT2D eigenvalue weighted by atomic mass is 79.9. The van der Waals surface area contributed by atoms with Crippen LogP contribution in [0.2, 0.25) is 5.02 Å². The Morgan fingerprint density at radius 2 is 1.68 bits per heavy atom. The first-order valence-electron chi connectivity index (χ1n) is 11.1. The number of halogens is 2. The second kappa shape index (κ2) is 13.6. The molecule has 0 radical (unpaired) electrons. The van der Waals surface area contributed by atoms with Crippen molar-refractivity contribution in [3.8, 4) is 0 Å². The largest absolute Gasteiger partial charge is 0.355 e. The van der Waals surface area contributed by atoms with Crippen molar-refractivity contribution in [1.29, 1.82) is 0 Å². The number of hydrogen-bond donors (Lipinski definition) is 1. The van der Waals surface area contributed by atoms with Crippen molar-refractivity contribution in [3.63, 3.8) is 0 Å². The average molecular weight is 560 g/mol. The first-order chi connectivity index (χ1) is 16.5. The maximum atomic E-state index is 13.5. The Labute approximate surface area is 219 Å². The molecule has 1 N–H and O–H groups in total. The number of nitrogens with one attached hydrogen (secondary N) is 1. The smallest absolute Gasteiger partial charge is 0.243 e. The van der Waals surface area contributed by atoms with E-state index in [2.05, 4.69) is 21.2 Å². The molecule has 0 heterocycles. The molecule has 0 aliphatic heterocycles. The van der Waals surface area contributed by atoms with Gasteiger partial charge in [0.15, 0.2) is 0 Å². The van der Waals surface area contributed by atoms with Crippen LogP contribution in [0.3, 0.4) is 0 Å². The molecular formula is C27H28BrClN2O2S. The van der Waals surface area contributed by atoms with Crippen LogP contribution in [0.25, 0.3) is 0 Å². The highest BCUT2D eigenvalue weighted by Crippen LogP contribution is 2.21. The summed E-state index contributed by atoms with van der Waals surface area (Å²) in [6.07, 6.45) is 0.450. The molecule has 0 spiro atoms. The lowest BCUT2D eigenvalue weighted by atomic mass is 10.0. The lowest BCUT2D eigenvalue weighted by molar-refractivity contribution is -0.139. The molecule has 0 aromatic heterocycles. The summed E-state index contributed by atoms with van der Waals surface area (Å²) in [4.78, 5) is 28.4. The van der Waals surface area contributed by atoms with E-state index in [1.165, 1.54) is 11.8 Å². The number of benzene rings is 3. The third-order valence-electron chi connectivity index (χ3n) is 5.25. The quantitative estimate of drug-likeness (QED) is 0.308. The fourth-order valence-electron chi connectivity index (χ4n) is 3.64. The van der Waals surface area contributed by atoms with Crippen molar-refractivity contribution in [2.24, 2.45) is 0 Å². The van der Waals surface area contributed by atoms with Gasteiger partial charge >= 0.3 is 0 Å². The van der Waals surface area contributed by atoms with E-state index in [4.69, 9.17) is 11.6 Å². The van der Waals surface area contributed by atoms with Gasteiger partial charge in [0.2, 0.25) is 11.8 Å². The number of thioether (sulfide) groups is 1. The topological polar surface area (TPSA) is 49.4 Å². The van der Waals surface area contributed by atoms with Crippen molar-refractivity contribution >= 4 is 51.1 Å². The monoisotopic (exact) mass is 558 g/mol. The standard InChI is InChI=1S/C27H28BrClN2O2S/c1-2-30-27(33)25(16-20-8-4-3-5-9-20)31(17-21-10-6-12-23(28)14-21)26(32)19-34-18-22-11-7-13-24(29)15-22/h3-15,25H,2,16-19H2,1H3,(H,30,33)/t25-/m0/s1. The van der Waals surface area contributed by atoms with E-state index in [1.807, 2.05) is 85.8 Å². The molecule has 4 nitrogen and oxygen atoms in total.